The van der Waals surface area contributed by atoms with Crippen LogP contribution in [0.1, 0.15) is 25.2 Å². The van der Waals surface area contributed by atoms with Gasteiger partial charge in [-0.1, -0.05) is 6.92 Å². The molecule has 2 aromatic carbocycles. The molecule has 0 unspecified atom stereocenters. The van der Waals surface area contributed by atoms with E-state index in [2.05, 4.69) is 21.4 Å². The SMILES string of the molecule is CCNC=CC(=O)N(c1ccc(Oc2ccc(C#N)cc2)cc1)c1ccnc(CC)n1. The fourth-order valence-electron chi connectivity index (χ4n) is 2.78. The Kier molecular flexibility index (Phi) is 7.33. The van der Waals surface area contributed by atoms with Gasteiger partial charge < -0.3 is 10.1 Å². The number of ether oxygens (including phenoxy) is 1. The number of aryl methyl sites for hydroxylation is 1. The predicted molar refractivity (Wildman–Crippen MR) is 119 cm³/mol. The Bertz CT molecular complexity index is 1090. The second-order valence-electron chi connectivity index (χ2n) is 6.48. The third kappa shape index (κ3) is 5.67. The van der Waals surface area contributed by atoms with E-state index < -0.39 is 0 Å². The molecule has 0 fully saturated rings. The molecule has 1 heterocycles. The van der Waals surface area contributed by atoms with Crippen molar-refractivity contribution in [1.82, 2.24) is 15.3 Å². The first-order chi connectivity index (χ1) is 15.1. The maximum Gasteiger partial charge on any atom is 0.258 e. The van der Waals surface area contributed by atoms with Crippen LogP contribution >= 0.6 is 0 Å². The summed E-state index contributed by atoms with van der Waals surface area (Å²) in [5, 5.41) is 11.9. The topological polar surface area (TPSA) is 91.1 Å². The van der Waals surface area contributed by atoms with Crippen LogP contribution in [-0.4, -0.2) is 22.4 Å². The van der Waals surface area contributed by atoms with E-state index in [0.29, 0.717) is 40.8 Å². The fourth-order valence-corrected chi connectivity index (χ4v) is 2.78. The maximum absolute atomic E-state index is 12.9. The molecule has 31 heavy (non-hydrogen) atoms. The van der Waals surface area contributed by atoms with E-state index in [0.717, 1.165) is 6.54 Å². The summed E-state index contributed by atoms with van der Waals surface area (Å²) < 4.78 is 5.83. The van der Waals surface area contributed by atoms with Crippen molar-refractivity contribution in [2.24, 2.45) is 0 Å². The summed E-state index contributed by atoms with van der Waals surface area (Å²) >= 11 is 0. The molecule has 156 valence electrons. The number of carbonyl (C=O) groups excluding carboxylic acids is 1. The number of rotatable bonds is 8. The standard InChI is InChI=1S/C24H23N5O2/c1-3-22-27-16-13-23(28-22)29(24(30)14-15-26-4-2)19-7-11-21(12-8-19)31-20-9-5-18(17-25)6-10-20/h5-16,26H,3-4H2,1-2H3. The van der Waals surface area contributed by atoms with Crippen molar-refractivity contribution in [1.29, 1.82) is 5.26 Å². The normalized spacial score (nSPS) is 10.5. The Labute approximate surface area is 181 Å². The lowest BCUT2D eigenvalue weighted by Gasteiger charge is -2.21. The van der Waals surface area contributed by atoms with Crippen molar-refractivity contribution in [3.05, 3.63) is 84.5 Å². The Morgan fingerprint density at radius 3 is 2.39 bits per heavy atom. The number of hydrogen-bond donors (Lipinski definition) is 1. The molecule has 0 aliphatic rings. The van der Waals surface area contributed by atoms with Gasteiger partial charge in [-0.15, -0.1) is 0 Å². The van der Waals surface area contributed by atoms with E-state index in [1.807, 2.05) is 13.8 Å². The zero-order valence-corrected chi connectivity index (χ0v) is 17.4. The lowest BCUT2D eigenvalue weighted by atomic mass is 10.2. The summed E-state index contributed by atoms with van der Waals surface area (Å²) in [5.74, 6) is 2.16. The number of nitriles is 1. The van der Waals surface area contributed by atoms with E-state index in [9.17, 15) is 4.79 Å². The van der Waals surface area contributed by atoms with Gasteiger partial charge in [0.1, 0.15) is 23.1 Å². The molecule has 3 rings (SSSR count). The summed E-state index contributed by atoms with van der Waals surface area (Å²) in [7, 11) is 0. The smallest absolute Gasteiger partial charge is 0.258 e. The number of benzene rings is 2. The van der Waals surface area contributed by atoms with Crippen LogP contribution in [-0.2, 0) is 11.2 Å². The Balaban J connectivity index is 1.87. The van der Waals surface area contributed by atoms with E-state index in [1.54, 1.807) is 67.0 Å². The van der Waals surface area contributed by atoms with E-state index in [-0.39, 0.29) is 5.91 Å². The monoisotopic (exact) mass is 413 g/mol. The van der Waals surface area contributed by atoms with Crippen LogP contribution in [0, 0.1) is 11.3 Å². The summed E-state index contributed by atoms with van der Waals surface area (Å²) in [4.78, 5) is 23.2. The molecular formula is C24H23N5O2. The fraction of sp³-hybridized carbons (Fsp3) is 0.167. The highest BCUT2D eigenvalue weighted by molar-refractivity contribution is 6.06. The van der Waals surface area contributed by atoms with Gasteiger partial charge in [-0.05, 0) is 61.5 Å². The molecule has 0 spiro atoms. The minimum Gasteiger partial charge on any atom is -0.457 e. The molecule has 7 heteroatoms. The molecule has 1 aromatic heterocycles. The van der Waals surface area contributed by atoms with E-state index in [1.165, 1.54) is 11.0 Å². The largest absolute Gasteiger partial charge is 0.457 e. The molecule has 1 N–H and O–H groups in total. The summed E-state index contributed by atoms with van der Waals surface area (Å²) in [6.07, 6.45) is 5.41. The zero-order chi connectivity index (χ0) is 22.1. The van der Waals surface area contributed by atoms with Crippen LogP contribution < -0.4 is 15.0 Å². The van der Waals surface area contributed by atoms with Gasteiger partial charge in [-0.25, -0.2) is 9.97 Å². The molecule has 0 saturated carbocycles. The molecule has 1 amide bonds. The highest BCUT2D eigenvalue weighted by Gasteiger charge is 2.18. The molecule has 0 aliphatic heterocycles. The number of anilines is 2. The number of aromatic nitrogens is 2. The van der Waals surface area contributed by atoms with Gasteiger partial charge in [0.15, 0.2) is 0 Å². The summed E-state index contributed by atoms with van der Waals surface area (Å²) in [6, 6.07) is 17.8. The minimum absolute atomic E-state index is 0.234. The van der Waals surface area contributed by atoms with Crippen molar-refractivity contribution >= 4 is 17.4 Å². The van der Waals surface area contributed by atoms with Gasteiger partial charge in [0.2, 0.25) is 0 Å². The van der Waals surface area contributed by atoms with Crippen LogP contribution in [0.2, 0.25) is 0 Å². The van der Waals surface area contributed by atoms with Crippen LogP contribution in [0.25, 0.3) is 0 Å². The van der Waals surface area contributed by atoms with Gasteiger partial charge in [-0.3, -0.25) is 9.69 Å². The van der Waals surface area contributed by atoms with Crippen molar-refractivity contribution in [2.45, 2.75) is 20.3 Å². The third-order valence-electron chi connectivity index (χ3n) is 4.32. The lowest BCUT2D eigenvalue weighted by molar-refractivity contribution is -0.113. The van der Waals surface area contributed by atoms with Crippen molar-refractivity contribution < 1.29 is 9.53 Å². The van der Waals surface area contributed by atoms with Crippen LogP contribution in [0.5, 0.6) is 11.5 Å². The second kappa shape index (κ2) is 10.6. The highest BCUT2D eigenvalue weighted by atomic mass is 16.5. The number of nitrogens with zero attached hydrogens (tertiary/aromatic N) is 4. The average Bonchev–Trinajstić information content (AvgIpc) is 2.81. The molecule has 0 aliphatic carbocycles. The number of carbonyl (C=O) groups is 1. The van der Waals surface area contributed by atoms with Crippen molar-refractivity contribution in [2.75, 3.05) is 11.4 Å². The lowest BCUT2D eigenvalue weighted by Crippen LogP contribution is -2.25. The molecule has 0 bridgehead atoms. The van der Waals surface area contributed by atoms with Gasteiger partial charge in [0.25, 0.3) is 5.91 Å². The van der Waals surface area contributed by atoms with Crippen LogP contribution in [0.15, 0.2) is 73.1 Å². The van der Waals surface area contributed by atoms with Gasteiger partial charge >= 0.3 is 0 Å². The maximum atomic E-state index is 12.9. The van der Waals surface area contributed by atoms with E-state index in [4.69, 9.17) is 10.00 Å². The van der Waals surface area contributed by atoms with Crippen molar-refractivity contribution in [3.8, 4) is 17.6 Å². The molecule has 0 atom stereocenters. The van der Waals surface area contributed by atoms with Gasteiger partial charge in [-0.2, -0.15) is 5.26 Å². The first kappa shape index (κ1) is 21.5. The number of amides is 1. The highest BCUT2D eigenvalue weighted by Crippen LogP contribution is 2.28. The minimum atomic E-state index is -0.234. The third-order valence-corrected chi connectivity index (χ3v) is 4.32. The second-order valence-corrected chi connectivity index (χ2v) is 6.48. The first-order valence-corrected chi connectivity index (χ1v) is 9.98. The molecule has 0 saturated heterocycles. The van der Waals surface area contributed by atoms with Gasteiger partial charge in [0, 0.05) is 31.4 Å². The van der Waals surface area contributed by atoms with Gasteiger partial charge in [0.05, 0.1) is 17.3 Å². The molecule has 0 radical (unpaired) electrons. The Hall–Kier alpha value is -4.18. The quantitative estimate of drug-likeness (QED) is 0.547. The Morgan fingerprint density at radius 1 is 1.10 bits per heavy atom. The molecule has 3 aromatic rings. The summed E-state index contributed by atoms with van der Waals surface area (Å²) in [5.41, 5.74) is 1.22. The van der Waals surface area contributed by atoms with E-state index >= 15 is 0 Å². The first-order valence-electron chi connectivity index (χ1n) is 9.98. The molecule has 7 nitrogen and oxygen atoms in total. The van der Waals surface area contributed by atoms with Crippen LogP contribution in [0.3, 0.4) is 0 Å². The number of nitrogens with one attached hydrogen (secondary N) is 1. The Morgan fingerprint density at radius 2 is 1.77 bits per heavy atom. The van der Waals surface area contributed by atoms with Crippen molar-refractivity contribution in [3.63, 3.8) is 0 Å². The van der Waals surface area contributed by atoms with Crippen LogP contribution in [0.4, 0.5) is 11.5 Å². The average molecular weight is 413 g/mol. The molecular weight excluding hydrogens is 390 g/mol. The predicted octanol–water partition coefficient (Wildman–Crippen LogP) is 4.49. The summed E-state index contributed by atoms with van der Waals surface area (Å²) in [6.45, 7) is 4.64. The zero-order valence-electron chi connectivity index (χ0n) is 17.4. The number of hydrogen-bond acceptors (Lipinski definition) is 6.